The van der Waals surface area contributed by atoms with Gasteiger partial charge >= 0.3 is 0 Å². The molecule has 0 aliphatic heterocycles. The lowest BCUT2D eigenvalue weighted by molar-refractivity contribution is 0.298. The van der Waals surface area contributed by atoms with Crippen LogP contribution in [-0.4, -0.2) is 7.11 Å². The highest BCUT2D eigenvalue weighted by atomic mass is 16.5. The third-order valence-electron chi connectivity index (χ3n) is 2.74. The Morgan fingerprint density at radius 1 is 1.06 bits per heavy atom. The summed E-state index contributed by atoms with van der Waals surface area (Å²) >= 11 is 0. The van der Waals surface area contributed by atoms with Crippen molar-refractivity contribution >= 4 is 5.69 Å². The molecule has 0 radical (unpaired) electrons. The Bertz CT molecular complexity index is 538. The Morgan fingerprint density at radius 3 is 2.56 bits per heavy atom. The molecule has 0 aromatic heterocycles. The van der Waals surface area contributed by atoms with E-state index in [9.17, 15) is 0 Å². The van der Waals surface area contributed by atoms with Crippen molar-refractivity contribution in [2.75, 3.05) is 12.8 Å². The van der Waals surface area contributed by atoms with E-state index >= 15 is 0 Å². The van der Waals surface area contributed by atoms with Crippen LogP contribution < -0.4 is 15.2 Å². The van der Waals surface area contributed by atoms with Crippen LogP contribution in [-0.2, 0) is 6.61 Å². The van der Waals surface area contributed by atoms with Crippen LogP contribution in [0.1, 0.15) is 11.1 Å². The predicted molar refractivity (Wildman–Crippen MR) is 72.9 cm³/mol. The van der Waals surface area contributed by atoms with Crippen molar-refractivity contribution < 1.29 is 9.47 Å². The Morgan fingerprint density at radius 2 is 1.83 bits per heavy atom. The lowest BCUT2D eigenvalue weighted by atomic mass is 10.1. The molecule has 2 N–H and O–H groups in total. The third kappa shape index (κ3) is 2.74. The Hall–Kier alpha value is -2.16. The number of methoxy groups -OCH3 is 1. The largest absolute Gasteiger partial charge is 0.496 e. The zero-order valence-electron chi connectivity index (χ0n) is 10.6. The highest BCUT2D eigenvalue weighted by molar-refractivity contribution is 5.52. The summed E-state index contributed by atoms with van der Waals surface area (Å²) in [4.78, 5) is 0. The van der Waals surface area contributed by atoms with E-state index in [-0.39, 0.29) is 0 Å². The topological polar surface area (TPSA) is 44.5 Å². The highest BCUT2D eigenvalue weighted by Gasteiger charge is 2.05. The van der Waals surface area contributed by atoms with Crippen LogP contribution in [0.5, 0.6) is 11.5 Å². The maximum absolute atomic E-state index is 5.83. The van der Waals surface area contributed by atoms with Crippen LogP contribution in [0.2, 0.25) is 0 Å². The summed E-state index contributed by atoms with van der Waals surface area (Å²) in [7, 11) is 1.66. The van der Waals surface area contributed by atoms with Gasteiger partial charge in [0, 0.05) is 5.56 Å². The first-order chi connectivity index (χ1) is 8.70. The van der Waals surface area contributed by atoms with Gasteiger partial charge in [-0.1, -0.05) is 23.8 Å². The average molecular weight is 243 g/mol. The maximum Gasteiger partial charge on any atom is 0.142 e. The number of nitrogen functional groups attached to an aromatic ring is 1. The summed E-state index contributed by atoms with van der Waals surface area (Å²) in [6.07, 6.45) is 0. The lowest BCUT2D eigenvalue weighted by Gasteiger charge is -2.12. The molecule has 3 nitrogen and oxygen atoms in total. The number of ether oxygens (including phenoxy) is 2. The van der Waals surface area contributed by atoms with Gasteiger partial charge in [-0.25, -0.2) is 0 Å². The van der Waals surface area contributed by atoms with Gasteiger partial charge in [0.25, 0.3) is 0 Å². The first-order valence-electron chi connectivity index (χ1n) is 5.81. The molecule has 0 heterocycles. The normalized spacial score (nSPS) is 10.1. The van der Waals surface area contributed by atoms with Gasteiger partial charge < -0.3 is 15.2 Å². The van der Waals surface area contributed by atoms with E-state index < -0.39 is 0 Å². The van der Waals surface area contributed by atoms with Crippen LogP contribution in [0.25, 0.3) is 0 Å². The Balaban J connectivity index is 2.15. The van der Waals surface area contributed by atoms with E-state index in [0.29, 0.717) is 18.0 Å². The van der Waals surface area contributed by atoms with E-state index in [4.69, 9.17) is 15.2 Å². The highest BCUT2D eigenvalue weighted by Crippen LogP contribution is 2.24. The number of benzene rings is 2. The lowest BCUT2D eigenvalue weighted by Crippen LogP contribution is -2.01. The van der Waals surface area contributed by atoms with E-state index in [1.165, 1.54) is 5.56 Å². The molecule has 2 aromatic carbocycles. The summed E-state index contributed by atoms with van der Waals surface area (Å²) in [5.74, 6) is 1.52. The molecule has 0 fully saturated rings. The van der Waals surface area contributed by atoms with Crippen molar-refractivity contribution in [2.24, 2.45) is 0 Å². The number of hydrogen-bond donors (Lipinski definition) is 1. The zero-order valence-corrected chi connectivity index (χ0v) is 10.6. The van der Waals surface area contributed by atoms with Gasteiger partial charge in [0.15, 0.2) is 0 Å². The smallest absolute Gasteiger partial charge is 0.142 e. The molecule has 2 rings (SSSR count). The monoisotopic (exact) mass is 243 g/mol. The minimum atomic E-state index is 0.444. The predicted octanol–water partition coefficient (Wildman–Crippen LogP) is 3.16. The number of nitrogens with two attached hydrogens (primary N) is 1. The number of hydrogen-bond acceptors (Lipinski definition) is 3. The molecule has 0 bridgehead atoms. The molecule has 2 aromatic rings. The van der Waals surface area contributed by atoms with E-state index in [1.807, 2.05) is 43.3 Å². The van der Waals surface area contributed by atoms with Gasteiger partial charge in [-0.05, 0) is 31.2 Å². The van der Waals surface area contributed by atoms with Crippen molar-refractivity contribution in [3.63, 3.8) is 0 Å². The summed E-state index contributed by atoms with van der Waals surface area (Å²) in [6, 6.07) is 13.5. The molecule has 0 spiro atoms. The van der Waals surface area contributed by atoms with Crippen LogP contribution in [0.3, 0.4) is 0 Å². The molecule has 0 aliphatic rings. The second-order valence-corrected chi connectivity index (χ2v) is 4.14. The SMILES string of the molecule is COc1ccc(C)cc1COc1ccccc1N. The average Bonchev–Trinajstić information content (AvgIpc) is 2.38. The van der Waals surface area contributed by atoms with Gasteiger partial charge in [0.05, 0.1) is 12.8 Å². The Labute approximate surface area is 107 Å². The molecule has 0 aliphatic carbocycles. The third-order valence-corrected chi connectivity index (χ3v) is 2.74. The number of anilines is 1. The zero-order chi connectivity index (χ0) is 13.0. The summed E-state index contributed by atoms with van der Waals surface area (Å²) in [5, 5.41) is 0. The first-order valence-corrected chi connectivity index (χ1v) is 5.81. The molecule has 0 saturated carbocycles. The number of aryl methyl sites for hydroxylation is 1. The van der Waals surface area contributed by atoms with Crippen molar-refractivity contribution in [1.29, 1.82) is 0 Å². The molecule has 18 heavy (non-hydrogen) atoms. The summed E-state index contributed by atoms with van der Waals surface area (Å²) < 4.78 is 11.0. The van der Waals surface area contributed by atoms with Crippen LogP contribution in [0, 0.1) is 6.92 Å². The molecular weight excluding hydrogens is 226 g/mol. The molecule has 3 heteroatoms. The van der Waals surface area contributed by atoms with Crippen LogP contribution in [0.4, 0.5) is 5.69 Å². The van der Waals surface area contributed by atoms with Gasteiger partial charge in [0.2, 0.25) is 0 Å². The number of rotatable bonds is 4. The molecule has 0 saturated heterocycles. The first kappa shape index (κ1) is 12.3. The van der Waals surface area contributed by atoms with Crippen molar-refractivity contribution in [2.45, 2.75) is 13.5 Å². The van der Waals surface area contributed by atoms with Gasteiger partial charge in [-0.3, -0.25) is 0 Å². The fourth-order valence-corrected chi connectivity index (χ4v) is 1.79. The van der Waals surface area contributed by atoms with Crippen molar-refractivity contribution in [1.82, 2.24) is 0 Å². The van der Waals surface area contributed by atoms with Crippen molar-refractivity contribution in [3.8, 4) is 11.5 Å². The Kier molecular flexibility index (Phi) is 3.72. The van der Waals surface area contributed by atoms with E-state index in [2.05, 4.69) is 6.07 Å². The van der Waals surface area contributed by atoms with Crippen LogP contribution in [0.15, 0.2) is 42.5 Å². The second kappa shape index (κ2) is 5.45. The number of para-hydroxylation sites is 2. The standard InChI is InChI=1S/C15H17NO2/c1-11-7-8-14(17-2)12(9-11)10-18-15-6-4-3-5-13(15)16/h3-9H,10,16H2,1-2H3. The molecule has 0 unspecified atom stereocenters. The van der Waals surface area contributed by atoms with Gasteiger partial charge in [-0.15, -0.1) is 0 Å². The molecular formula is C15H17NO2. The maximum atomic E-state index is 5.83. The fraction of sp³-hybridized carbons (Fsp3) is 0.200. The summed E-state index contributed by atoms with van der Waals surface area (Å²) in [5.41, 5.74) is 8.66. The minimum Gasteiger partial charge on any atom is -0.496 e. The summed E-state index contributed by atoms with van der Waals surface area (Å²) in [6.45, 7) is 2.49. The van der Waals surface area contributed by atoms with Crippen molar-refractivity contribution in [3.05, 3.63) is 53.6 Å². The van der Waals surface area contributed by atoms with Gasteiger partial charge in [-0.2, -0.15) is 0 Å². The van der Waals surface area contributed by atoms with E-state index in [0.717, 1.165) is 11.3 Å². The fourth-order valence-electron chi connectivity index (χ4n) is 1.79. The minimum absolute atomic E-state index is 0.444. The molecule has 94 valence electrons. The quantitative estimate of drug-likeness (QED) is 0.839. The van der Waals surface area contributed by atoms with E-state index in [1.54, 1.807) is 7.11 Å². The molecule has 0 amide bonds. The van der Waals surface area contributed by atoms with Crippen LogP contribution >= 0.6 is 0 Å². The second-order valence-electron chi connectivity index (χ2n) is 4.14. The molecule has 0 atom stereocenters. The van der Waals surface area contributed by atoms with Gasteiger partial charge in [0.1, 0.15) is 18.1 Å².